The van der Waals surface area contributed by atoms with Crippen LogP contribution >= 0.6 is 0 Å². The van der Waals surface area contributed by atoms with E-state index in [1.165, 1.54) is 6.20 Å². The highest BCUT2D eigenvalue weighted by Gasteiger charge is 2.46. The number of nitrogens with one attached hydrogen (secondary N) is 3. The summed E-state index contributed by atoms with van der Waals surface area (Å²) in [6.45, 7) is 3.87. The molecule has 0 bridgehead atoms. The highest BCUT2D eigenvalue weighted by Crippen LogP contribution is 2.37. The number of benzene rings is 1. The second kappa shape index (κ2) is 7.71. The number of carbonyl (C=O) groups excluding carboxylic acids is 2. The summed E-state index contributed by atoms with van der Waals surface area (Å²) in [6.07, 6.45) is 6.55. The summed E-state index contributed by atoms with van der Waals surface area (Å²) in [7, 11) is 1.55. The van der Waals surface area contributed by atoms with E-state index < -0.39 is 10.7 Å². The summed E-state index contributed by atoms with van der Waals surface area (Å²) < 4.78 is -0.473. The standard InChI is InChI=1S/C19H19N5O3/c1-3-10-22-18(25)23-17-13-15(8-11-21-17)27-24(19(26)20-2)12-9-14-6-4-5-7-16(14)24/h3-9,11-13H,1,10H2,2H3,(H2-,20,21,22,23,25,26)/p+1/t24-/m0/s1. The molecule has 0 spiro atoms. The van der Waals surface area contributed by atoms with Gasteiger partial charge in [-0.1, -0.05) is 18.2 Å². The van der Waals surface area contributed by atoms with Crippen LogP contribution in [0.15, 0.2) is 61.4 Å². The van der Waals surface area contributed by atoms with E-state index in [9.17, 15) is 9.59 Å². The Kier molecular flexibility index (Phi) is 5.18. The Morgan fingerprint density at radius 2 is 2.11 bits per heavy atom. The molecule has 0 saturated heterocycles. The third kappa shape index (κ3) is 3.65. The third-order valence-electron chi connectivity index (χ3n) is 3.90. The van der Waals surface area contributed by atoms with E-state index in [4.69, 9.17) is 4.84 Å². The van der Waals surface area contributed by atoms with E-state index in [0.717, 1.165) is 5.56 Å². The normalized spacial score (nSPS) is 16.9. The van der Waals surface area contributed by atoms with Crippen LogP contribution in [-0.2, 0) is 0 Å². The average molecular weight is 366 g/mol. The average Bonchev–Trinajstić information content (AvgIpc) is 3.06. The Labute approximate surface area is 156 Å². The van der Waals surface area contributed by atoms with Gasteiger partial charge in [-0.15, -0.1) is 6.58 Å². The zero-order chi connectivity index (χ0) is 19.3. The number of amides is 4. The van der Waals surface area contributed by atoms with Crippen molar-refractivity contribution < 1.29 is 14.4 Å². The molecule has 1 atom stereocenters. The van der Waals surface area contributed by atoms with Crippen molar-refractivity contribution in [2.45, 2.75) is 0 Å². The molecule has 3 N–H and O–H groups in total. The van der Waals surface area contributed by atoms with Gasteiger partial charge in [-0.05, 0) is 6.07 Å². The van der Waals surface area contributed by atoms with E-state index in [1.807, 2.05) is 30.3 Å². The maximum Gasteiger partial charge on any atom is 0.468 e. The van der Waals surface area contributed by atoms with Gasteiger partial charge in [-0.3, -0.25) is 10.2 Å². The number of hydrogen-bond donors (Lipinski definition) is 3. The summed E-state index contributed by atoms with van der Waals surface area (Å²) in [5.41, 5.74) is 1.57. The lowest BCUT2D eigenvalue weighted by atomic mass is 10.2. The Balaban J connectivity index is 1.87. The summed E-state index contributed by atoms with van der Waals surface area (Å²) >= 11 is 0. The zero-order valence-corrected chi connectivity index (χ0v) is 14.8. The van der Waals surface area contributed by atoms with Gasteiger partial charge in [0.2, 0.25) is 0 Å². The Morgan fingerprint density at radius 3 is 2.89 bits per heavy atom. The third-order valence-corrected chi connectivity index (χ3v) is 3.90. The van der Waals surface area contributed by atoms with Gasteiger partial charge in [0.15, 0.2) is 17.6 Å². The molecule has 138 valence electrons. The van der Waals surface area contributed by atoms with Crippen molar-refractivity contribution in [3.8, 4) is 5.75 Å². The highest BCUT2D eigenvalue weighted by atomic mass is 16.7. The van der Waals surface area contributed by atoms with Crippen LogP contribution in [-0.4, -0.2) is 30.6 Å². The van der Waals surface area contributed by atoms with Crippen LogP contribution in [0, 0.1) is 0 Å². The molecule has 1 aliphatic rings. The van der Waals surface area contributed by atoms with Crippen molar-refractivity contribution in [3.05, 3.63) is 67.0 Å². The van der Waals surface area contributed by atoms with Gasteiger partial charge in [0.1, 0.15) is 5.82 Å². The smallest absolute Gasteiger partial charge is 0.334 e. The lowest BCUT2D eigenvalue weighted by molar-refractivity contribution is 0.0423. The quantitative estimate of drug-likeness (QED) is 0.560. The molecule has 4 amide bonds. The second-order valence-corrected chi connectivity index (χ2v) is 5.68. The molecular weight excluding hydrogens is 346 g/mol. The van der Waals surface area contributed by atoms with Gasteiger partial charge in [0, 0.05) is 54.3 Å². The van der Waals surface area contributed by atoms with Gasteiger partial charge in [0.05, 0.1) is 0 Å². The molecule has 0 unspecified atom stereocenters. The van der Waals surface area contributed by atoms with Crippen LogP contribution in [0.25, 0.3) is 6.08 Å². The number of para-hydroxylation sites is 1. The molecule has 2 aromatic rings. The molecule has 8 heteroatoms. The first-order chi connectivity index (χ1) is 13.1. The van der Waals surface area contributed by atoms with E-state index >= 15 is 0 Å². The van der Waals surface area contributed by atoms with Crippen molar-refractivity contribution in [3.63, 3.8) is 0 Å². The molecule has 27 heavy (non-hydrogen) atoms. The highest BCUT2D eigenvalue weighted by molar-refractivity contribution is 5.93. The topological polar surface area (TPSA) is 92.4 Å². The summed E-state index contributed by atoms with van der Waals surface area (Å²) in [4.78, 5) is 34.6. The van der Waals surface area contributed by atoms with Crippen LogP contribution in [0.1, 0.15) is 5.56 Å². The minimum absolute atomic E-state index is 0.292. The maximum atomic E-state index is 12.7. The molecule has 0 radical (unpaired) electrons. The number of carbonyl (C=O) groups is 2. The number of quaternary nitrogens is 1. The fourth-order valence-corrected chi connectivity index (χ4v) is 2.69. The lowest BCUT2D eigenvalue weighted by Crippen LogP contribution is -2.55. The fraction of sp³-hybridized carbons (Fsp3) is 0.105. The van der Waals surface area contributed by atoms with Crippen molar-refractivity contribution >= 4 is 29.6 Å². The molecule has 1 aliphatic heterocycles. The van der Waals surface area contributed by atoms with Crippen LogP contribution < -0.4 is 25.4 Å². The molecule has 3 rings (SSSR count). The number of urea groups is 2. The van der Waals surface area contributed by atoms with Crippen LogP contribution in [0.3, 0.4) is 0 Å². The Morgan fingerprint density at radius 1 is 1.30 bits per heavy atom. The SMILES string of the molecule is C=CCNC(=O)Nc1cc(O[N@@+]2(C(=O)NC)C=Cc3ccccc32)ccn1. The van der Waals surface area contributed by atoms with Gasteiger partial charge >= 0.3 is 12.1 Å². The number of nitrogens with zero attached hydrogens (tertiary/aromatic N) is 2. The van der Waals surface area contributed by atoms with Crippen LogP contribution in [0.5, 0.6) is 5.75 Å². The number of fused-ring (bicyclic) bond motifs is 1. The van der Waals surface area contributed by atoms with E-state index in [-0.39, 0.29) is 6.03 Å². The Hall–Kier alpha value is -3.65. The van der Waals surface area contributed by atoms with Crippen molar-refractivity contribution in [1.82, 2.24) is 20.3 Å². The number of hydrogen-bond acceptors (Lipinski definition) is 4. The van der Waals surface area contributed by atoms with E-state index in [2.05, 4.69) is 27.5 Å². The Bertz CT molecular complexity index is 912. The minimum atomic E-state index is -0.473. The molecule has 8 nitrogen and oxygen atoms in total. The predicted molar refractivity (Wildman–Crippen MR) is 104 cm³/mol. The van der Waals surface area contributed by atoms with Crippen LogP contribution in [0.4, 0.5) is 21.1 Å². The summed E-state index contributed by atoms with van der Waals surface area (Å²) in [6, 6.07) is 9.86. The van der Waals surface area contributed by atoms with Gasteiger partial charge < -0.3 is 10.6 Å². The molecule has 1 aromatic carbocycles. The monoisotopic (exact) mass is 366 g/mol. The first-order valence-electron chi connectivity index (χ1n) is 8.30. The van der Waals surface area contributed by atoms with Crippen molar-refractivity contribution in [1.29, 1.82) is 0 Å². The molecular formula is C19H20N5O3+. The van der Waals surface area contributed by atoms with E-state index in [1.54, 1.807) is 31.5 Å². The van der Waals surface area contributed by atoms with Crippen molar-refractivity contribution in [2.75, 3.05) is 18.9 Å². The maximum absolute atomic E-state index is 12.7. The van der Waals surface area contributed by atoms with E-state index in [0.29, 0.717) is 23.8 Å². The molecule has 1 aromatic heterocycles. The summed E-state index contributed by atoms with van der Waals surface area (Å²) in [5, 5.41) is 7.83. The first-order valence-corrected chi connectivity index (χ1v) is 8.30. The molecule has 2 heterocycles. The predicted octanol–water partition coefficient (Wildman–Crippen LogP) is 3.01. The second-order valence-electron chi connectivity index (χ2n) is 5.68. The number of hydroxylamine groups is 2. The van der Waals surface area contributed by atoms with Crippen molar-refractivity contribution in [2.24, 2.45) is 0 Å². The number of rotatable bonds is 5. The number of aromatic nitrogens is 1. The van der Waals surface area contributed by atoms with Gasteiger partial charge in [-0.25, -0.2) is 14.6 Å². The number of anilines is 1. The fourth-order valence-electron chi connectivity index (χ4n) is 2.69. The first kappa shape index (κ1) is 18.2. The van der Waals surface area contributed by atoms with Crippen LogP contribution in [0.2, 0.25) is 0 Å². The molecule has 0 aliphatic carbocycles. The minimum Gasteiger partial charge on any atom is -0.334 e. The number of pyridine rings is 1. The summed E-state index contributed by atoms with van der Waals surface area (Å²) in [5.74, 6) is 0.662. The van der Waals surface area contributed by atoms with Gasteiger partial charge in [0.25, 0.3) is 0 Å². The molecule has 0 fully saturated rings. The largest absolute Gasteiger partial charge is 0.468 e. The molecule has 0 saturated carbocycles. The lowest BCUT2D eigenvalue weighted by Gasteiger charge is -2.26. The van der Waals surface area contributed by atoms with Gasteiger partial charge in [-0.2, -0.15) is 0 Å². The zero-order valence-electron chi connectivity index (χ0n) is 14.8.